The van der Waals surface area contributed by atoms with Crippen LogP contribution >= 0.6 is 23.2 Å². The molecule has 0 aromatic heterocycles. The molecular formula is C16H8Cl2O2. The summed E-state index contributed by atoms with van der Waals surface area (Å²) in [5.74, 6) is 0. The Bertz CT molecular complexity index is 796. The van der Waals surface area contributed by atoms with Gasteiger partial charge in [0.25, 0.3) is 10.5 Å². The molecule has 0 aliphatic heterocycles. The summed E-state index contributed by atoms with van der Waals surface area (Å²) in [6, 6.07) is 14.4. The Hall–Kier alpha value is -1.90. The second-order valence-electron chi connectivity index (χ2n) is 4.48. The van der Waals surface area contributed by atoms with Gasteiger partial charge in [-0.05, 0) is 69.0 Å². The highest BCUT2D eigenvalue weighted by Crippen LogP contribution is 2.27. The molecule has 0 heterocycles. The Balaban J connectivity index is 2.31. The lowest BCUT2D eigenvalue weighted by Gasteiger charge is -2.06. The van der Waals surface area contributed by atoms with Crippen LogP contribution in [0.1, 0.15) is 20.7 Å². The molecule has 0 radical (unpaired) electrons. The summed E-state index contributed by atoms with van der Waals surface area (Å²) >= 11 is 11.0. The van der Waals surface area contributed by atoms with Crippen LogP contribution in [-0.4, -0.2) is 10.5 Å². The molecule has 0 aliphatic carbocycles. The van der Waals surface area contributed by atoms with E-state index in [9.17, 15) is 9.59 Å². The van der Waals surface area contributed by atoms with Crippen molar-refractivity contribution in [3.05, 3.63) is 59.7 Å². The standard InChI is InChI=1S/C16H8Cl2O2/c17-15(19)11-3-5-13-9(7-11)1-2-10-8-12(16(18)20)4-6-14(10)13/h1-8H. The highest BCUT2D eigenvalue weighted by Gasteiger charge is 2.07. The molecular weight excluding hydrogens is 295 g/mol. The van der Waals surface area contributed by atoms with Gasteiger partial charge in [0.1, 0.15) is 0 Å². The van der Waals surface area contributed by atoms with Crippen LogP contribution in [0.2, 0.25) is 0 Å². The lowest BCUT2D eigenvalue weighted by atomic mass is 9.99. The number of halogens is 2. The highest BCUT2D eigenvalue weighted by atomic mass is 35.5. The molecule has 4 heteroatoms. The van der Waals surface area contributed by atoms with Crippen molar-refractivity contribution in [2.24, 2.45) is 0 Å². The second kappa shape index (κ2) is 4.89. The number of hydrogen-bond acceptors (Lipinski definition) is 2. The molecule has 0 aliphatic rings. The Morgan fingerprint density at radius 3 is 1.40 bits per heavy atom. The molecule has 0 unspecified atom stereocenters. The summed E-state index contributed by atoms with van der Waals surface area (Å²) in [5.41, 5.74) is 0.928. The first-order chi connectivity index (χ1) is 9.56. The average molecular weight is 303 g/mol. The van der Waals surface area contributed by atoms with Crippen LogP contribution in [0.25, 0.3) is 21.5 Å². The van der Waals surface area contributed by atoms with Gasteiger partial charge in [-0.1, -0.05) is 24.3 Å². The maximum Gasteiger partial charge on any atom is 0.252 e. The number of carbonyl (C=O) groups is 2. The minimum Gasteiger partial charge on any atom is -0.276 e. The normalized spacial score (nSPS) is 10.9. The lowest BCUT2D eigenvalue weighted by molar-refractivity contribution is 0.107. The first kappa shape index (κ1) is 13.1. The number of fused-ring (bicyclic) bond motifs is 3. The van der Waals surface area contributed by atoms with E-state index in [1.807, 2.05) is 24.3 Å². The quantitative estimate of drug-likeness (QED) is 0.505. The van der Waals surface area contributed by atoms with Crippen LogP contribution < -0.4 is 0 Å². The molecule has 0 atom stereocenters. The van der Waals surface area contributed by atoms with E-state index in [0.29, 0.717) is 11.1 Å². The summed E-state index contributed by atoms with van der Waals surface area (Å²) in [7, 11) is 0. The third-order valence-corrected chi connectivity index (χ3v) is 3.73. The molecule has 20 heavy (non-hydrogen) atoms. The first-order valence-electron chi connectivity index (χ1n) is 5.92. The zero-order valence-electron chi connectivity index (χ0n) is 10.2. The molecule has 3 rings (SSSR count). The predicted molar refractivity (Wildman–Crippen MR) is 81.8 cm³/mol. The fraction of sp³-hybridized carbons (Fsp3) is 0. The van der Waals surface area contributed by atoms with E-state index >= 15 is 0 Å². The van der Waals surface area contributed by atoms with Gasteiger partial charge in [0.15, 0.2) is 0 Å². The van der Waals surface area contributed by atoms with Gasteiger partial charge in [-0.3, -0.25) is 9.59 Å². The van der Waals surface area contributed by atoms with Crippen LogP contribution in [-0.2, 0) is 0 Å². The molecule has 0 amide bonds. The van der Waals surface area contributed by atoms with Gasteiger partial charge in [-0.25, -0.2) is 0 Å². The van der Waals surface area contributed by atoms with Gasteiger partial charge in [-0.15, -0.1) is 0 Å². The zero-order chi connectivity index (χ0) is 14.3. The average Bonchev–Trinajstić information content (AvgIpc) is 2.45. The van der Waals surface area contributed by atoms with Crippen molar-refractivity contribution in [1.82, 2.24) is 0 Å². The van der Waals surface area contributed by atoms with Crippen molar-refractivity contribution >= 4 is 55.2 Å². The highest BCUT2D eigenvalue weighted by molar-refractivity contribution is 6.68. The molecule has 0 N–H and O–H groups in total. The minimum absolute atomic E-state index is 0.464. The molecule has 0 saturated carbocycles. The SMILES string of the molecule is O=C(Cl)c1ccc2c(ccc3cc(C(=O)Cl)ccc32)c1. The van der Waals surface area contributed by atoms with E-state index in [-0.39, 0.29) is 0 Å². The molecule has 98 valence electrons. The number of hydrogen-bond donors (Lipinski definition) is 0. The molecule has 3 aromatic rings. The summed E-state index contributed by atoms with van der Waals surface area (Å²) in [6.07, 6.45) is 0. The van der Waals surface area contributed by atoms with E-state index in [0.717, 1.165) is 21.5 Å². The molecule has 0 spiro atoms. The van der Waals surface area contributed by atoms with Crippen LogP contribution in [0.15, 0.2) is 48.5 Å². The van der Waals surface area contributed by atoms with Gasteiger partial charge in [0, 0.05) is 11.1 Å². The van der Waals surface area contributed by atoms with E-state index in [2.05, 4.69) is 0 Å². The van der Waals surface area contributed by atoms with E-state index in [1.54, 1.807) is 24.3 Å². The fourth-order valence-corrected chi connectivity index (χ4v) is 2.55. The first-order valence-corrected chi connectivity index (χ1v) is 6.68. The Labute approximate surface area is 124 Å². The van der Waals surface area contributed by atoms with Gasteiger partial charge < -0.3 is 0 Å². The smallest absolute Gasteiger partial charge is 0.252 e. The van der Waals surface area contributed by atoms with Gasteiger partial charge >= 0.3 is 0 Å². The van der Waals surface area contributed by atoms with Crippen LogP contribution in [0, 0.1) is 0 Å². The number of benzene rings is 3. The lowest BCUT2D eigenvalue weighted by Crippen LogP contribution is -1.90. The second-order valence-corrected chi connectivity index (χ2v) is 5.17. The zero-order valence-corrected chi connectivity index (χ0v) is 11.7. The third kappa shape index (κ3) is 2.17. The van der Waals surface area contributed by atoms with Gasteiger partial charge in [0.05, 0.1) is 0 Å². The predicted octanol–water partition coefficient (Wildman–Crippen LogP) is 4.75. The van der Waals surface area contributed by atoms with Crippen LogP contribution in [0.5, 0.6) is 0 Å². The fourth-order valence-electron chi connectivity index (χ4n) is 2.32. The van der Waals surface area contributed by atoms with Crippen molar-refractivity contribution in [1.29, 1.82) is 0 Å². The van der Waals surface area contributed by atoms with E-state index in [1.165, 1.54) is 0 Å². The molecule has 3 aromatic carbocycles. The van der Waals surface area contributed by atoms with Crippen molar-refractivity contribution in [2.45, 2.75) is 0 Å². The van der Waals surface area contributed by atoms with E-state index in [4.69, 9.17) is 23.2 Å². The number of carbonyl (C=O) groups excluding carboxylic acids is 2. The third-order valence-electron chi connectivity index (χ3n) is 3.29. The topological polar surface area (TPSA) is 34.1 Å². The van der Waals surface area contributed by atoms with Crippen molar-refractivity contribution in [2.75, 3.05) is 0 Å². The van der Waals surface area contributed by atoms with E-state index < -0.39 is 10.5 Å². The van der Waals surface area contributed by atoms with Gasteiger partial charge in [-0.2, -0.15) is 0 Å². The van der Waals surface area contributed by atoms with Crippen molar-refractivity contribution in [3.8, 4) is 0 Å². The molecule has 2 nitrogen and oxygen atoms in total. The van der Waals surface area contributed by atoms with Crippen LogP contribution in [0.4, 0.5) is 0 Å². The summed E-state index contributed by atoms with van der Waals surface area (Å²) in [4.78, 5) is 22.4. The Kier molecular flexibility index (Phi) is 3.20. The summed E-state index contributed by atoms with van der Waals surface area (Å²) < 4.78 is 0. The van der Waals surface area contributed by atoms with Crippen molar-refractivity contribution in [3.63, 3.8) is 0 Å². The van der Waals surface area contributed by atoms with Crippen molar-refractivity contribution < 1.29 is 9.59 Å². The molecule has 0 fully saturated rings. The Morgan fingerprint density at radius 2 is 1.05 bits per heavy atom. The van der Waals surface area contributed by atoms with Crippen LogP contribution in [0.3, 0.4) is 0 Å². The molecule has 0 bridgehead atoms. The Morgan fingerprint density at radius 1 is 0.650 bits per heavy atom. The van der Waals surface area contributed by atoms with Gasteiger partial charge in [0.2, 0.25) is 0 Å². The molecule has 0 saturated heterocycles. The maximum absolute atomic E-state index is 11.2. The number of rotatable bonds is 2. The monoisotopic (exact) mass is 302 g/mol. The maximum atomic E-state index is 11.2. The summed E-state index contributed by atoms with van der Waals surface area (Å²) in [5, 5.41) is 2.89. The minimum atomic E-state index is -0.477. The summed E-state index contributed by atoms with van der Waals surface area (Å²) in [6.45, 7) is 0. The largest absolute Gasteiger partial charge is 0.276 e.